The van der Waals surface area contributed by atoms with Crippen molar-refractivity contribution in [1.29, 1.82) is 0 Å². The van der Waals surface area contributed by atoms with E-state index in [4.69, 9.17) is 0 Å². The van der Waals surface area contributed by atoms with Crippen molar-refractivity contribution in [1.82, 2.24) is 14.8 Å². The van der Waals surface area contributed by atoms with E-state index in [1.54, 1.807) is 6.33 Å². The van der Waals surface area contributed by atoms with Crippen LogP contribution in [0.25, 0.3) is 0 Å². The Kier molecular flexibility index (Phi) is 2.64. The molecule has 14 heavy (non-hydrogen) atoms. The molecule has 0 radical (unpaired) electrons. The number of nitrogens with zero attached hydrogens (tertiary/aromatic N) is 3. The molecule has 1 aliphatic carbocycles. The van der Waals surface area contributed by atoms with Gasteiger partial charge in [-0.25, -0.2) is 4.98 Å². The van der Waals surface area contributed by atoms with E-state index >= 15 is 0 Å². The van der Waals surface area contributed by atoms with Gasteiger partial charge in [0.2, 0.25) is 0 Å². The Labute approximate surface area is 93.0 Å². The minimum atomic E-state index is 0.458. The van der Waals surface area contributed by atoms with Gasteiger partial charge in [0.15, 0.2) is 0 Å². The lowest BCUT2D eigenvalue weighted by atomic mass is 9.99. The van der Waals surface area contributed by atoms with Gasteiger partial charge in [0.05, 0.1) is 0 Å². The molecule has 1 aliphatic rings. The molecular weight excluding hydrogens is 242 g/mol. The first kappa shape index (κ1) is 10.1. The smallest absolute Gasteiger partial charge is 0.138 e. The second-order valence-electron chi connectivity index (χ2n) is 4.15. The fourth-order valence-corrected chi connectivity index (χ4v) is 2.50. The summed E-state index contributed by atoms with van der Waals surface area (Å²) in [5, 5.41) is 4.20. The number of hydrogen-bond donors (Lipinski definition) is 0. The molecular formula is C10H16BrN3. The summed E-state index contributed by atoms with van der Waals surface area (Å²) in [5.41, 5.74) is 0.458. The summed E-state index contributed by atoms with van der Waals surface area (Å²) < 4.78 is 2.00. The number of aromatic nitrogens is 3. The Morgan fingerprint density at radius 1 is 1.64 bits per heavy atom. The maximum Gasteiger partial charge on any atom is 0.138 e. The molecule has 1 unspecified atom stereocenters. The van der Waals surface area contributed by atoms with Gasteiger partial charge in [-0.05, 0) is 25.2 Å². The summed E-state index contributed by atoms with van der Waals surface area (Å²) in [7, 11) is 0. The monoisotopic (exact) mass is 257 g/mol. The third-order valence-corrected chi connectivity index (χ3v) is 4.21. The number of aryl methyl sites for hydroxylation is 1. The number of rotatable bonds is 4. The molecule has 78 valence electrons. The molecule has 0 spiro atoms. The highest BCUT2D eigenvalue weighted by molar-refractivity contribution is 9.09. The molecule has 0 N–H and O–H groups in total. The first-order chi connectivity index (χ1) is 6.68. The molecule has 1 aromatic rings. The van der Waals surface area contributed by atoms with E-state index in [0.717, 1.165) is 18.8 Å². The van der Waals surface area contributed by atoms with Gasteiger partial charge >= 0.3 is 0 Å². The second-order valence-corrected chi connectivity index (χ2v) is 5.52. The average molecular weight is 258 g/mol. The number of hydrogen-bond acceptors (Lipinski definition) is 2. The third-order valence-electron chi connectivity index (χ3n) is 3.24. The van der Waals surface area contributed by atoms with Crippen molar-refractivity contribution >= 4 is 15.9 Å². The summed E-state index contributed by atoms with van der Waals surface area (Å²) in [5.74, 6) is 1.14. The maximum atomic E-state index is 4.33. The molecule has 3 nitrogen and oxygen atoms in total. The highest BCUT2D eigenvalue weighted by atomic mass is 79.9. The second kappa shape index (κ2) is 3.65. The summed E-state index contributed by atoms with van der Waals surface area (Å²) in [6.07, 6.45) is 5.35. The van der Waals surface area contributed by atoms with E-state index < -0.39 is 0 Å². The van der Waals surface area contributed by atoms with Crippen LogP contribution in [0, 0.1) is 5.41 Å². The fourth-order valence-electron chi connectivity index (χ4n) is 1.88. The van der Waals surface area contributed by atoms with Crippen LogP contribution in [0.1, 0.15) is 32.5 Å². The average Bonchev–Trinajstić information content (AvgIpc) is 2.79. The Bertz CT molecular complexity index is 315. The number of alkyl halides is 1. The summed E-state index contributed by atoms with van der Waals surface area (Å²) in [6, 6.07) is 0. The van der Waals surface area contributed by atoms with E-state index in [1.807, 2.05) is 4.68 Å². The van der Waals surface area contributed by atoms with Crippen molar-refractivity contribution in [3.05, 3.63) is 12.2 Å². The third kappa shape index (κ3) is 1.72. The summed E-state index contributed by atoms with van der Waals surface area (Å²) in [4.78, 5) is 4.91. The largest absolute Gasteiger partial charge is 0.250 e. The topological polar surface area (TPSA) is 30.7 Å². The molecule has 0 bridgehead atoms. The lowest BCUT2D eigenvalue weighted by Crippen LogP contribution is -2.18. The van der Waals surface area contributed by atoms with E-state index in [9.17, 15) is 0 Å². The van der Waals surface area contributed by atoms with Gasteiger partial charge in [0, 0.05) is 17.8 Å². The van der Waals surface area contributed by atoms with Crippen LogP contribution in [-0.2, 0) is 13.0 Å². The van der Waals surface area contributed by atoms with Gasteiger partial charge in [0.25, 0.3) is 0 Å². The van der Waals surface area contributed by atoms with Crippen LogP contribution in [0.5, 0.6) is 0 Å². The quantitative estimate of drug-likeness (QED) is 0.776. The van der Waals surface area contributed by atoms with Crippen LogP contribution in [0.2, 0.25) is 0 Å². The molecule has 1 aromatic heterocycles. The van der Waals surface area contributed by atoms with Gasteiger partial charge in [-0.15, -0.1) is 0 Å². The summed E-state index contributed by atoms with van der Waals surface area (Å²) >= 11 is 3.69. The number of halogens is 1. The molecule has 1 heterocycles. The highest BCUT2D eigenvalue weighted by Gasteiger charge is 2.47. The van der Waals surface area contributed by atoms with Crippen LogP contribution in [0.3, 0.4) is 0 Å². The van der Waals surface area contributed by atoms with E-state index in [0.29, 0.717) is 10.2 Å². The van der Waals surface area contributed by atoms with Crippen LogP contribution in [0.4, 0.5) is 0 Å². The molecule has 1 saturated carbocycles. The summed E-state index contributed by atoms with van der Waals surface area (Å²) in [6.45, 7) is 5.26. The van der Waals surface area contributed by atoms with Crippen molar-refractivity contribution in [2.24, 2.45) is 5.41 Å². The Morgan fingerprint density at radius 3 is 2.86 bits per heavy atom. The van der Waals surface area contributed by atoms with E-state index in [2.05, 4.69) is 39.9 Å². The Morgan fingerprint density at radius 2 is 2.36 bits per heavy atom. The Hall–Kier alpha value is -0.380. The zero-order valence-electron chi connectivity index (χ0n) is 8.70. The van der Waals surface area contributed by atoms with Crippen molar-refractivity contribution in [3.63, 3.8) is 0 Å². The van der Waals surface area contributed by atoms with Gasteiger partial charge in [-0.3, -0.25) is 4.68 Å². The molecule has 0 amide bonds. The molecule has 4 heteroatoms. The molecule has 2 rings (SSSR count). The van der Waals surface area contributed by atoms with Crippen molar-refractivity contribution in [2.75, 3.05) is 0 Å². The molecule has 0 aromatic carbocycles. The minimum Gasteiger partial charge on any atom is -0.250 e. The zero-order valence-corrected chi connectivity index (χ0v) is 10.3. The normalized spacial score (nSPS) is 20.8. The van der Waals surface area contributed by atoms with E-state index in [-0.39, 0.29) is 0 Å². The first-order valence-corrected chi connectivity index (χ1v) is 6.10. The predicted octanol–water partition coefficient (Wildman–Crippen LogP) is 2.40. The molecule has 0 aliphatic heterocycles. The van der Waals surface area contributed by atoms with Crippen LogP contribution in [0.15, 0.2) is 6.33 Å². The maximum absolute atomic E-state index is 4.33. The first-order valence-electron chi connectivity index (χ1n) is 5.19. The van der Waals surface area contributed by atoms with Crippen LogP contribution >= 0.6 is 15.9 Å². The van der Waals surface area contributed by atoms with Gasteiger partial charge in [0.1, 0.15) is 12.2 Å². The SMILES string of the molecule is CCn1ncnc1CC1(C(C)Br)CC1. The van der Waals surface area contributed by atoms with Crippen molar-refractivity contribution in [3.8, 4) is 0 Å². The molecule has 0 saturated heterocycles. The van der Waals surface area contributed by atoms with Crippen LogP contribution < -0.4 is 0 Å². The highest BCUT2D eigenvalue weighted by Crippen LogP contribution is 2.53. The molecule has 1 fully saturated rings. The Balaban J connectivity index is 2.11. The van der Waals surface area contributed by atoms with E-state index in [1.165, 1.54) is 12.8 Å². The van der Waals surface area contributed by atoms with Crippen LogP contribution in [-0.4, -0.2) is 19.6 Å². The molecule has 1 atom stereocenters. The zero-order chi connectivity index (χ0) is 10.2. The minimum absolute atomic E-state index is 0.458. The van der Waals surface area contributed by atoms with Gasteiger partial charge in [-0.1, -0.05) is 22.9 Å². The van der Waals surface area contributed by atoms with Crippen molar-refractivity contribution < 1.29 is 0 Å². The van der Waals surface area contributed by atoms with Gasteiger partial charge in [-0.2, -0.15) is 5.10 Å². The fraction of sp³-hybridized carbons (Fsp3) is 0.800. The lowest BCUT2D eigenvalue weighted by Gasteiger charge is -2.17. The van der Waals surface area contributed by atoms with Crippen molar-refractivity contribution in [2.45, 2.75) is 44.5 Å². The standard InChI is InChI=1S/C10H16BrN3/c1-3-14-9(12-7-13-14)6-10(4-5-10)8(2)11/h7-8H,3-6H2,1-2H3. The predicted molar refractivity (Wildman–Crippen MR) is 59.5 cm³/mol. The lowest BCUT2D eigenvalue weighted by molar-refractivity contribution is 0.470. The van der Waals surface area contributed by atoms with Gasteiger partial charge < -0.3 is 0 Å².